The number of hydrogen-bond acceptors (Lipinski definition) is 4. The molecule has 4 rings (SSSR count). The van der Waals surface area contributed by atoms with E-state index in [1.165, 1.54) is 0 Å². The van der Waals surface area contributed by atoms with Crippen molar-refractivity contribution in [2.75, 3.05) is 12.4 Å². The molecule has 0 aliphatic carbocycles. The van der Waals surface area contributed by atoms with Gasteiger partial charge in [-0.05, 0) is 66.7 Å². The highest BCUT2D eigenvalue weighted by Crippen LogP contribution is 2.33. The zero-order valence-corrected chi connectivity index (χ0v) is 19.8. The van der Waals surface area contributed by atoms with E-state index in [1.807, 2.05) is 36.4 Å². The molecular formula is C27H21Cl2NO4. The van der Waals surface area contributed by atoms with E-state index in [1.54, 1.807) is 61.7 Å². The first-order chi connectivity index (χ1) is 16.5. The molecule has 0 aliphatic heterocycles. The van der Waals surface area contributed by atoms with Gasteiger partial charge in [0.25, 0.3) is 5.91 Å². The maximum Gasteiger partial charge on any atom is 0.255 e. The normalized spacial score (nSPS) is 10.4. The molecule has 0 spiro atoms. The molecule has 0 fully saturated rings. The lowest BCUT2D eigenvalue weighted by atomic mass is 10.1. The van der Waals surface area contributed by atoms with Gasteiger partial charge in [0, 0.05) is 21.2 Å². The molecule has 0 saturated heterocycles. The third kappa shape index (κ3) is 6.01. The highest BCUT2D eigenvalue weighted by atomic mass is 35.5. The van der Waals surface area contributed by atoms with Gasteiger partial charge in [-0.1, -0.05) is 47.5 Å². The smallest absolute Gasteiger partial charge is 0.255 e. The summed E-state index contributed by atoms with van der Waals surface area (Å²) in [5, 5.41) is 3.94. The second-order valence-electron chi connectivity index (χ2n) is 7.28. The molecule has 1 amide bonds. The zero-order chi connectivity index (χ0) is 23.9. The maximum absolute atomic E-state index is 13.1. The number of anilines is 1. The van der Waals surface area contributed by atoms with Gasteiger partial charge in [0.05, 0.1) is 12.8 Å². The molecular weight excluding hydrogens is 473 g/mol. The van der Waals surface area contributed by atoms with Crippen LogP contribution in [-0.4, -0.2) is 13.0 Å². The van der Waals surface area contributed by atoms with Crippen molar-refractivity contribution in [3.05, 3.63) is 112 Å². The van der Waals surface area contributed by atoms with Crippen LogP contribution >= 0.6 is 23.2 Å². The van der Waals surface area contributed by atoms with Gasteiger partial charge in [-0.3, -0.25) is 4.79 Å². The Kier molecular flexibility index (Phi) is 7.58. The Morgan fingerprint density at radius 2 is 1.53 bits per heavy atom. The summed E-state index contributed by atoms with van der Waals surface area (Å²) in [6, 6.07) is 26.6. The van der Waals surface area contributed by atoms with Crippen LogP contribution in [0, 0.1) is 0 Å². The first kappa shape index (κ1) is 23.5. The fraction of sp³-hybridized carbons (Fsp3) is 0.0741. The summed E-state index contributed by atoms with van der Waals surface area (Å²) < 4.78 is 17.2. The van der Waals surface area contributed by atoms with Crippen molar-refractivity contribution < 1.29 is 19.0 Å². The average molecular weight is 494 g/mol. The quantitative estimate of drug-likeness (QED) is 0.274. The Morgan fingerprint density at radius 3 is 2.29 bits per heavy atom. The van der Waals surface area contributed by atoms with Crippen molar-refractivity contribution in [1.82, 2.24) is 0 Å². The van der Waals surface area contributed by atoms with Crippen LogP contribution in [0.2, 0.25) is 10.0 Å². The van der Waals surface area contributed by atoms with E-state index in [-0.39, 0.29) is 12.5 Å². The molecule has 0 heterocycles. The highest BCUT2D eigenvalue weighted by molar-refractivity contribution is 6.31. The van der Waals surface area contributed by atoms with Crippen LogP contribution < -0.4 is 19.5 Å². The summed E-state index contributed by atoms with van der Waals surface area (Å²) in [4.78, 5) is 13.1. The Balaban J connectivity index is 1.54. The van der Waals surface area contributed by atoms with Gasteiger partial charge >= 0.3 is 0 Å². The summed E-state index contributed by atoms with van der Waals surface area (Å²) >= 11 is 12.2. The predicted octanol–water partition coefficient (Wildman–Crippen LogP) is 7.63. The molecule has 0 aliphatic rings. The molecule has 0 radical (unpaired) electrons. The SMILES string of the molecule is COc1ccc(C(=O)Nc2cc(Cl)ccc2Oc2ccccc2)cc1COc1cccc(Cl)c1. The molecule has 0 aromatic heterocycles. The molecule has 0 bridgehead atoms. The Labute approximate surface area is 207 Å². The fourth-order valence-corrected chi connectivity index (χ4v) is 3.60. The Morgan fingerprint density at radius 1 is 0.794 bits per heavy atom. The monoisotopic (exact) mass is 493 g/mol. The molecule has 34 heavy (non-hydrogen) atoms. The minimum Gasteiger partial charge on any atom is -0.496 e. The highest BCUT2D eigenvalue weighted by Gasteiger charge is 2.15. The minimum absolute atomic E-state index is 0.199. The summed E-state index contributed by atoms with van der Waals surface area (Å²) in [6.07, 6.45) is 0. The summed E-state index contributed by atoms with van der Waals surface area (Å²) in [6.45, 7) is 0.199. The first-order valence-corrected chi connectivity index (χ1v) is 11.2. The van der Waals surface area contributed by atoms with E-state index in [4.69, 9.17) is 37.4 Å². The number of rotatable bonds is 8. The Bertz CT molecular complexity index is 1300. The molecule has 5 nitrogen and oxygen atoms in total. The van der Waals surface area contributed by atoms with Gasteiger partial charge < -0.3 is 19.5 Å². The van der Waals surface area contributed by atoms with Crippen molar-refractivity contribution >= 4 is 34.8 Å². The third-order valence-corrected chi connectivity index (χ3v) is 5.36. The van der Waals surface area contributed by atoms with Crippen molar-refractivity contribution in [2.24, 2.45) is 0 Å². The number of carbonyl (C=O) groups excluding carboxylic acids is 1. The average Bonchev–Trinajstić information content (AvgIpc) is 2.85. The van der Waals surface area contributed by atoms with Crippen molar-refractivity contribution in [1.29, 1.82) is 0 Å². The number of hydrogen-bond donors (Lipinski definition) is 1. The third-order valence-electron chi connectivity index (χ3n) is 4.89. The standard InChI is InChI=1S/C27H21Cl2NO4/c1-32-25-12-10-18(14-19(25)17-33-23-9-5-6-20(28)15-23)27(31)30-24-16-21(29)11-13-26(24)34-22-7-3-2-4-8-22/h2-16H,17H2,1H3,(H,30,31). The predicted molar refractivity (Wildman–Crippen MR) is 135 cm³/mol. The van der Waals surface area contributed by atoms with Crippen LogP contribution in [0.25, 0.3) is 0 Å². The first-order valence-electron chi connectivity index (χ1n) is 10.4. The molecule has 0 saturated carbocycles. The van der Waals surface area contributed by atoms with Crippen molar-refractivity contribution in [3.8, 4) is 23.0 Å². The van der Waals surface area contributed by atoms with Gasteiger partial charge in [-0.15, -0.1) is 0 Å². The molecule has 0 atom stereocenters. The van der Waals surface area contributed by atoms with E-state index in [2.05, 4.69) is 5.32 Å². The number of carbonyl (C=O) groups is 1. The number of methoxy groups -OCH3 is 1. The van der Waals surface area contributed by atoms with Crippen LogP contribution in [0.5, 0.6) is 23.0 Å². The van der Waals surface area contributed by atoms with E-state index in [0.29, 0.717) is 49.9 Å². The lowest BCUT2D eigenvalue weighted by Gasteiger charge is -2.14. The number of amides is 1. The molecule has 1 N–H and O–H groups in total. The van der Waals surface area contributed by atoms with Crippen LogP contribution in [0.1, 0.15) is 15.9 Å². The van der Waals surface area contributed by atoms with Crippen molar-refractivity contribution in [2.45, 2.75) is 6.61 Å². The van der Waals surface area contributed by atoms with Crippen LogP contribution in [0.4, 0.5) is 5.69 Å². The van der Waals surface area contributed by atoms with E-state index in [9.17, 15) is 4.79 Å². The topological polar surface area (TPSA) is 56.8 Å². The van der Waals surface area contributed by atoms with Crippen LogP contribution in [0.3, 0.4) is 0 Å². The molecule has 7 heteroatoms. The number of ether oxygens (including phenoxy) is 3. The second-order valence-corrected chi connectivity index (χ2v) is 8.16. The van der Waals surface area contributed by atoms with E-state index < -0.39 is 0 Å². The summed E-state index contributed by atoms with van der Waals surface area (Å²) in [5.41, 5.74) is 1.59. The number of para-hydroxylation sites is 1. The van der Waals surface area contributed by atoms with Crippen LogP contribution in [-0.2, 0) is 6.61 Å². The number of nitrogens with one attached hydrogen (secondary N) is 1. The largest absolute Gasteiger partial charge is 0.496 e. The number of halogens is 2. The maximum atomic E-state index is 13.1. The molecule has 4 aromatic carbocycles. The van der Waals surface area contributed by atoms with Gasteiger partial charge in [0.1, 0.15) is 23.9 Å². The van der Waals surface area contributed by atoms with Gasteiger partial charge in [-0.2, -0.15) is 0 Å². The molecule has 4 aromatic rings. The minimum atomic E-state index is -0.327. The zero-order valence-electron chi connectivity index (χ0n) is 18.3. The molecule has 172 valence electrons. The lowest BCUT2D eigenvalue weighted by Crippen LogP contribution is -2.13. The fourth-order valence-electron chi connectivity index (χ4n) is 3.25. The summed E-state index contributed by atoms with van der Waals surface area (Å²) in [7, 11) is 1.57. The van der Waals surface area contributed by atoms with Gasteiger partial charge in [0.15, 0.2) is 5.75 Å². The van der Waals surface area contributed by atoms with Crippen LogP contribution in [0.15, 0.2) is 91.0 Å². The van der Waals surface area contributed by atoms with Crippen molar-refractivity contribution in [3.63, 3.8) is 0 Å². The summed E-state index contributed by atoms with van der Waals surface area (Å²) in [5.74, 6) is 2.01. The van der Waals surface area contributed by atoms with E-state index >= 15 is 0 Å². The lowest BCUT2D eigenvalue weighted by molar-refractivity contribution is 0.102. The van der Waals surface area contributed by atoms with Gasteiger partial charge in [-0.25, -0.2) is 0 Å². The molecule has 0 unspecified atom stereocenters. The van der Waals surface area contributed by atoms with E-state index in [0.717, 1.165) is 0 Å². The Hall–Kier alpha value is -3.67. The second kappa shape index (κ2) is 11.0. The number of benzene rings is 4. The van der Waals surface area contributed by atoms with Gasteiger partial charge in [0.2, 0.25) is 0 Å².